The first kappa shape index (κ1) is 27.0. The topological polar surface area (TPSA) is 105 Å². The number of rotatable bonds is 15. The SMILES string of the molecule is CCCCCCCCCCCCOC(NC)C(C)O.COS(=O)(=O)O. The van der Waals surface area contributed by atoms with E-state index in [9.17, 15) is 13.5 Å². The van der Waals surface area contributed by atoms with Gasteiger partial charge < -0.3 is 9.84 Å². The summed E-state index contributed by atoms with van der Waals surface area (Å²) in [6.45, 7) is 4.75. The number of unbranched alkanes of at least 4 members (excludes halogenated alkanes) is 9. The third-order valence-corrected chi connectivity index (χ3v) is 4.15. The number of hydrogen-bond donors (Lipinski definition) is 3. The number of aliphatic hydroxyl groups is 1. The molecule has 25 heavy (non-hydrogen) atoms. The molecule has 2 atom stereocenters. The molecule has 0 aliphatic heterocycles. The molecule has 0 aliphatic rings. The van der Waals surface area contributed by atoms with Gasteiger partial charge in [0.25, 0.3) is 0 Å². The van der Waals surface area contributed by atoms with Gasteiger partial charge in [0.05, 0.1) is 13.2 Å². The summed E-state index contributed by atoms with van der Waals surface area (Å²) in [5, 5.41) is 12.4. The van der Waals surface area contributed by atoms with Crippen molar-refractivity contribution in [2.45, 2.75) is 90.4 Å². The molecule has 0 spiro atoms. The van der Waals surface area contributed by atoms with Crippen molar-refractivity contribution < 1.29 is 27.0 Å². The lowest BCUT2D eigenvalue weighted by molar-refractivity contribution is -0.0453. The van der Waals surface area contributed by atoms with Crippen LogP contribution in [0.2, 0.25) is 0 Å². The molecule has 3 N–H and O–H groups in total. The molecule has 2 unspecified atom stereocenters. The first-order valence-electron chi connectivity index (χ1n) is 9.28. The largest absolute Gasteiger partial charge is 0.397 e. The molecule has 0 rings (SSSR count). The van der Waals surface area contributed by atoms with E-state index in [1.807, 2.05) is 7.05 Å². The van der Waals surface area contributed by atoms with Gasteiger partial charge in [0.15, 0.2) is 0 Å². The van der Waals surface area contributed by atoms with Crippen LogP contribution in [0, 0.1) is 0 Å². The van der Waals surface area contributed by atoms with Crippen LogP contribution in [0.4, 0.5) is 0 Å². The number of hydrogen-bond acceptors (Lipinski definition) is 6. The van der Waals surface area contributed by atoms with Crippen LogP contribution in [0.5, 0.6) is 0 Å². The molecule has 8 heteroatoms. The summed E-state index contributed by atoms with van der Waals surface area (Å²) in [5.41, 5.74) is 0. The minimum absolute atomic E-state index is 0.224. The van der Waals surface area contributed by atoms with Crippen LogP contribution in [-0.2, 0) is 19.3 Å². The Morgan fingerprint density at radius 3 is 1.68 bits per heavy atom. The molecule has 0 saturated heterocycles. The van der Waals surface area contributed by atoms with Crippen LogP contribution in [-0.4, -0.2) is 51.2 Å². The highest BCUT2D eigenvalue weighted by Crippen LogP contribution is 2.10. The van der Waals surface area contributed by atoms with Crippen LogP contribution in [0.15, 0.2) is 0 Å². The number of aliphatic hydroxyl groups excluding tert-OH is 1. The molecule has 7 nitrogen and oxygen atoms in total. The summed E-state index contributed by atoms with van der Waals surface area (Å²) < 4.78 is 35.3. The van der Waals surface area contributed by atoms with E-state index in [-0.39, 0.29) is 6.23 Å². The van der Waals surface area contributed by atoms with Crippen molar-refractivity contribution >= 4 is 10.4 Å². The van der Waals surface area contributed by atoms with Crippen molar-refractivity contribution in [2.24, 2.45) is 0 Å². The van der Waals surface area contributed by atoms with E-state index >= 15 is 0 Å². The maximum absolute atomic E-state index is 9.39. The molecule has 0 heterocycles. The average Bonchev–Trinajstić information content (AvgIpc) is 2.55. The van der Waals surface area contributed by atoms with Gasteiger partial charge in [-0.15, -0.1) is 0 Å². The van der Waals surface area contributed by atoms with Gasteiger partial charge >= 0.3 is 10.4 Å². The van der Waals surface area contributed by atoms with E-state index in [4.69, 9.17) is 9.29 Å². The maximum Gasteiger partial charge on any atom is 0.397 e. The zero-order valence-electron chi connectivity index (χ0n) is 16.4. The predicted octanol–water partition coefficient (Wildman–Crippen LogP) is 3.29. The Balaban J connectivity index is 0. The van der Waals surface area contributed by atoms with Gasteiger partial charge in [0.2, 0.25) is 0 Å². The first-order valence-corrected chi connectivity index (χ1v) is 10.6. The fourth-order valence-corrected chi connectivity index (χ4v) is 2.26. The third kappa shape index (κ3) is 23.8. The zero-order chi connectivity index (χ0) is 19.6. The second kappa shape index (κ2) is 18.5. The van der Waals surface area contributed by atoms with Crippen molar-refractivity contribution in [2.75, 3.05) is 20.8 Å². The monoisotopic (exact) mass is 385 g/mol. The molecule has 0 aliphatic carbocycles. The first-order chi connectivity index (χ1) is 11.8. The van der Waals surface area contributed by atoms with E-state index < -0.39 is 16.5 Å². The maximum atomic E-state index is 9.39. The molecule has 154 valence electrons. The van der Waals surface area contributed by atoms with E-state index in [1.54, 1.807) is 6.92 Å². The Bertz CT molecular complexity index is 362. The van der Waals surface area contributed by atoms with Crippen molar-refractivity contribution in [3.8, 4) is 0 Å². The van der Waals surface area contributed by atoms with Crippen LogP contribution < -0.4 is 5.32 Å². The quantitative estimate of drug-likeness (QED) is 0.226. The summed E-state index contributed by atoms with van der Waals surface area (Å²) in [6, 6.07) is 0. The summed E-state index contributed by atoms with van der Waals surface area (Å²) in [4.78, 5) is 0. The van der Waals surface area contributed by atoms with Gasteiger partial charge in [-0.1, -0.05) is 64.7 Å². The fraction of sp³-hybridized carbons (Fsp3) is 1.00. The molecule has 0 radical (unpaired) electrons. The van der Waals surface area contributed by atoms with Gasteiger partial charge in [-0.3, -0.25) is 14.1 Å². The molecule has 0 aromatic carbocycles. The average molecular weight is 386 g/mol. The summed E-state index contributed by atoms with van der Waals surface area (Å²) in [7, 11) is -1.48. The van der Waals surface area contributed by atoms with Crippen LogP contribution in [0.25, 0.3) is 0 Å². The Morgan fingerprint density at radius 2 is 1.36 bits per heavy atom. The number of nitrogens with one attached hydrogen (secondary N) is 1. The van der Waals surface area contributed by atoms with Crippen molar-refractivity contribution in [1.29, 1.82) is 0 Å². The fourth-order valence-electron chi connectivity index (χ4n) is 2.26. The van der Waals surface area contributed by atoms with E-state index in [1.165, 1.54) is 57.8 Å². The molecule has 0 amide bonds. The van der Waals surface area contributed by atoms with E-state index in [2.05, 4.69) is 16.4 Å². The second-order valence-electron chi connectivity index (χ2n) is 6.10. The summed E-state index contributed by atoms with van der Waals surface area (Å²) >= 11 is 0. The zero-order valence-corrected chi connectivity index (χ0v) is 17.2. The smallest absolute Gasteiger partial charge is 0.389 e. The Labute approximate surface area is 154 Å². The molecule has 0 aromatic rings. The lowest BCUT2D eigenvalue weighted by Crippen LogP contribution is -2.38. The predicted molar refractivity (Wildman–Crippen MR) is 101 cm³/mol. The molecule has 0 bridgehead atoms. The molecular formula is C17H39NO6S. The number of likely N-dealkylation sites (N-methyl/N-ethyl adjacent to an activating group) is 1. The Hall–Kier alpha value is -0.250. The highest BCUT2D eigenvalue weighted by atomic mass is 32.3. The molecule has 0 saturated carbocycles. The summed E-state index contributed by atoms with van der Waals surface area (Å²) in [6.07, 6.45) is 12.7. The highest BCUT2D eigenvalue weighted by molar-refractivity contribution is 7.80. The van der Waals surface area contributed by atoms with Gasteiger partial charge in [-0.25, -0.2) is 0 Å². The lowest BCUT2D eigenvalue weighted by Gasteiger charge is -2.19. The van der Waals surface area contributed by atoms with E-state index in [0.29, 0.717) is 0 Å². The third-order valence-electron chi connectivity index (χ3n) is 3.73. The second-order valence-corrected chi connectivity index (χ2v) is 7.29. The van der Waals surface area contributed by atoms with E-state index in [0.717, 1.165) is 20.1 Å². The molecule has 0 aromatic heterocycles. The molecule has 0 fully saturated rings. The Morgan fingerprint density at radius 1 is 0.960 bits per heavy atom. The lowest BCUT2D eigenvalue weighted by atomic mass is 10.1. The van der Waals surface area contributed by atoms with Gasteiger partial charge in [0.1, 0.15) is 6.23 Å². The van der Waals surface area contributed by atoms with Gasteiger partial charge in [-0.2, -0.15) is 8.42 Å². The standard InChI is InChI=1S/C16H35NO2.CH4O4S/c1-4-5-6-7-8-9-10-11-12-13-14-19-16(17-3)15(2)18;1-5-6(2,3)4/h15-18H,4-14H2,1-3H3;1H3,(H,2,3,4). The normalized spacial score (nSPS) is 13.8. The van der Waals surface area contributed by atoms with Crippen LogP contribution >= 0.6 is 0 Å². The minimum atomic E-state index is -4.16. The van der Waals surface area contributed by atoms with Crippen molar-refractivity contribution in [3.05, 3.63) is 0 Å². The van der Waals surface area contributed by atoms with Gasteiger partial charge in [0, 0.05) is 6.61 Å². The summed E-state index contributed by atoms with van der Waals surface area (Å²) in [5.74, 6) is 0. The van der Waals surface area contributed by atoms with Gasteiger partial charge in [-0.05, 0) is 20.4 Å². The van der Waals surface area contributed by atoms with Crippen LogP contribution in [0.1, 0.15) is 78.1 Å². The minimum Gasteiger partial charge on any atom is -0.389 e. The van der Waals surface area contributed by atoms with Crippen molar-refractivity contribution in [1.82, 2.24) is 5.32 Å². The highest BCUT2D eigenvalue weighted by Gasteiger charge is 2.11. The van der Waals surface area contributed by atoms with Crippen LogP contribution in [0.3, 0.4) is 0 Å². The Kier molecular flexibility index (Phi) is 20.0. The number of ether oxygens (including phenoxy) is 1. The molecular weight excluding hydrogens is 346 g/mol. The van der Waals surface area contributed by atoms with Crippen molar-refractivity contribution in [3.63, 3.8) is 0 Å².